The summed E-state index contributed by atoms with van der Waals surface area (Å²) in [6.07, 6.45) is 2.19. The smallest absolute Gasteiger partial charge is 0.333 e. The molecule has 2 amide bonds. The third kappa shape index (κ3) is 5.13. The third-order valence-corrected chi connectivity index (χ3v) is 6.68. The van der Waals surface area contributed by atoms with Crippen LogP contribution in [-0.4, -0.2) is 52.1 Å². The number of methoxy groups -OCH3 is 1. The Morgan fingerprint density at radius 2 is 1.91 bits per heavy atom. The number of fused-ring (bicyclic) bond motifs is 1. The summed E-state index contributed by atoms with van der Waals surface area (Å²) in [5.41, 5.74) is 3.71. The Hall–Kier alpha value is -3.63. The highest BCUT2D eigenvalue weighted by atomic mass is 32.2. The first-order valence-corrected chi connectivity index (χ1v) is 12.1. The Balaban J connectivity index is 1.60. The lowest BCUT2D eigenvalue weighted by molar-refractivity contribution is 0.256. The van der Waals surface area contributed by atoms with E-state index in [9.17, 15) is 13.2 Å². The fourth-order valence-corrected chi connectivity index (χ4v) is 4.71. The number of nitrogens with one attached hydrogen (secondary N) is 2. The summed E-state index contributed by atoms with van der Waals surface area (Å²) in [6.45, 7) is 1.16. The Labute approximate surface area is 198 Å². The number of pyridine rings is 1. The molecule has 0 unspecified atom stereocenters. The number of amides is 2. The molecule has 1 aliphatic heterocycles. The molecule has 0 bridgehead atoms. The maximum absolute atomic E-state index is 12.8. The van der Waals surface area contributed by atoms with Gasteiger partial charge < -0.3 is 19.7 Å². The van der Waals surface area contributed by atoms with Crippen LogP contribution in [-0.2, 0) is 23.0 Å². The van der Waals surface area contributed by atoms with Crippen LogP contribution >= 0.6 is 0 Å². The van der Waals surface area contributed by atoms with Crippen molar-refractivity contribution in [2.24, 2.45) is 0 Å². The molecule has 10 heteroatoms. The lowest BCUT2D eigenvalue weighted by Gasteiger charge is -2.16. The van der Waals surface area contributed by atoms with Crippen LogP contribution in [0.5, 0.6) is 11.6 Å². The largest absolute Gasteiger partial charge is 0.493 e. The van der Waals surface area contributed by atoms with Gasteiger partial charge in [-0.2, -0.15) is 0 Å². The minimum absolute atomic E-state index is 0.00544. The van der Waals surface area contributed by atoms with Crippen molar-refractivity contribution in [3.63, 3.8) is 0 Å². The van der Waals surface area contributed by atoms with E-state index in [1.165, 1.54) is 19.2 Å². The van der Waals surface area contributed by atoms with Crippen LogP contribution in [0.2, 0.25) is 0 Å². The van der Waals surface area contributed by atoms with Gasteiger partial charge in [0.25, 0.3) is 10.0 Å². The summed E-state index contributed by atoms with van der Waals surface area (Å²) in [6, 6.07) is 12.7. The van der Waals surface area contributed by atoms with E-state index in [0.29, 0.717) is 42.5 Å². The van der Waals surface area contributed by atoms with Gasteiger partial charge in [-0.25, -0.2) is 22.9 Å². The topological polar surface area (TPSA) is 110 Å². The third-order valence-electron chi connectivity index (χ3n) is 5.33. The molecule has 1 aliphatic rings. The maximum Gasteiger partial charge on any atom is 0.333 e. The van der Waals surface area contributed by atoms with E-state index >= 15 is 0 Å². The van der Waals surface area contributed by atoms with Gasteiger partial charge in [0.1, 0.15) is 5.75 Å². The number of rotatable bonds is 7. The molecule has 4 rings (SSSR count). The average molecular weight is 483 g/mol. The number of nitrogens with zero attached hydrogens (tertiary/aromatic N) is 2. The van der Waals surface area contributed by atoms with E-state index < -0.39 is 16.1 Å². The number of anilines is 1. The second-order valence-electron chi connectivity index (χ2n) is 8.09. The van der Waals surface area contributed by atoms with Crippen molar-refractivity contribution in [3.05, 3.63) is 65.9 Å². The normalized spacial score (nSPS) is 12.7. The molecular formula is C24H26N4O5S. The van der Waals surface area contributed by atoms with Crippen molar-refractivity contribution < 1.29 is 22.7 Å². The average Bonchev–Trinajstić information content (AvgIpc) is 3.28. The highest BCUT2D eigenvalue weighted by molar-refractivity contribution is 7.90. The summed E-state index contributed by atoms with van der Waals surface area (Å²) in [4.78, 5) is 18.9. The molecule has 2 N–H and O–H groups in total. The van der Waals surface area contributed by atoms with Crippen LogP contribution in [0.4, 0.5) is 10.5 Å². The predicted octanol–water partition coefficient (Wildman–Crippen LogP) is 3.26. The zero-order chi connectivity index (χ0) is 24.3. The highest BCUT2D eigenvalue weighted by Gasteiger charge is 2.24. The number of carbonyl (C=O) groups is 1. The predicted molar refractivity (Wildman–Crippen MR) is 129 cm³/mol. The van der Waals surface area contributed by atoms with Gasteiger partial charge in [-0.1, -0.05) is 12.1 Å². The maximum atomic E-state index is 12.8. The molecule has 0 radical (unpaired) electrons. The Bertz CT molecular complexity index is 1310. The summed E-state index contributed by atoms with van der Waals surface area (Å²) < 4.78 is 38.6. The highest BCUT2D eigenvalue weighted by Crippen LogP contribution is 2.40. The van der Waals surface area contributed by atoms with Gasteiger partial charge in [0.05, 0.1) is 24.3 Å². The number of carbonyl (C=O) groups excluding carboxylic acids is 1. The van der Waals surface area contributed by atoms with Gasteiger partial charge in [0.15, 0.2) is 0 Å². The molecule has 3 aromatic rings. The molecule has 0 saturated carbocycles. The monoisotopic (exact) mass is 482 g/mol. The van der Waals surface area contributed by atoms with E-state index in [1.807, 2.05) is 31.1 Å². The molecule has 34 heavy (non-hydrogen) atoms. The van der Waals surface area contributed by atoms with E-state index in [0.717, 1.165) is 16.7 Å². The SMILES string of the molecule is COc1cc(-c2ccc3c(c2NC(=O)NS(=O)(=O)c2ccc(CN(C)C)cc2)CCO3)ccn1. The molecule has 0 atom stereocenters. The summed E-state index contributed by atoms with van der Waals surface area (Å²) in [5.74, 6) is 1.07. The second-order valence-corrected chi connectivity index (χ2v) is 9.77. The molecule has 9 nitrogen and oxygen atoms in total. The zero-order valence-corrected chi connectivity index (χ0v) is 20.0. The van der Waals surface area contributed by atoms with E-state index in [4.69, 9.17) is 9.47 Å². The van der Waals surface area contributed by atoms with Crippen LogP contribution in [0.3, 0.4) is 0 Å². The number of ether oxygens (including phenoxy) is 2. The van der Waals surface area contributed by atoms with Crippen LogP contribution in [0, 0.1) is 0 Å². The molecule has 0 saturated heterocycles. The van der Waals surface area contributed by atoms with Crippen molar-refractivity contribution in [1.29, 1.82) is 0 Å². The molecule has 2 heterocycles. The van der Waals surface area contributed by atoms with E-state index in [1.54, 1.807) is 30.5 Å². The number of aromatic nitrogens is 1. The lowest BCUT2D eigenvalue weighted by atomic mass is 9.99. The minimum atomic E-state index is -4.06. The quantitative estimate of drug-likeness (QED) is 0.532. The van der Waals surface area contributed by atoms with Crippen molar-refractivity contribution in [2.75, 3.05) is 33.1 Å². The fraction of sp³-hybridized carbons (Fsp3) is 0.250. The number of urea groups is 1. The molecule has 0 fully saturated rings. The molecular weight excluding hydrogens is 456 g/mol. The van der Waals surface area contributed by atoms with Gasteiger partial charge in [-0.15, -0.1) is 0 Å². The molecule has 1 aromatic heterocycles. The van der Waals surface area contributed by atoms with Crippen molar-refractivity contribution in [3.8, 4) is 22.8 Å². The Morgan fingerprint density at radius 1 is 1.15 bits per heavy atom. The number of sulfonamides is 1. The molecule has 178 valence electrons. The Morgan fingerprint density at radius 3 is 2.62 bits per heavy atom. The van der Waals surface area contributed by atoms with E-state index in [-0.39, 0.29) is 4.90 Å². The van der Waals surface area contributed by atoms with Gasteiger partial charge in [0.2, 0.25) is 5.88 Å². The number of benzene rings is 2. The van der Waals surface area contributed by atoms with Gasteiger partial charge >= 0.3 is 6.03 Å². The summed E-state index contributed by atoms with van der Waals surface area (Å²) >= 11 is 0. The molecule has 2 aromatic carbocycles. The first-order chi connectivity index (χ1) is 16.3. The zero-order valence-electron chi connectivity index (χ0n) is 19.2. The Kier molecular flexibility index (Phi) is 6.71. The van der Waals surface area contributed by atoms with Gasteiger partial charge in [-0.05, 0) is 55.6 Å². The number of hydrogen-bond acceptors (Lipinski definition) is 7. The van der Waals surface area contributed by atoms with Crippen LogP contribution in [0.15, 0.2) is 59.6 Å². The standard InChI is InChI=1S/C24H26N4O5S/c1-28(2)15-16-4-6-18(7-5-16)34(30,31)27-24(29)26-23-19(8-9-21-20(23)11-13-33-21)17-10-12-25-22(14-17)32-3/h4-10,12,14H,11,13,15H2,1-3H3,(H2,26,27,29). The minimum Gasteiger partial charge on any atom is -0.493 e. The first-order valence-electron chi connectivity index (χ1n) is 10.6. The van der Waals surface area contributed by atoms with Gasteiger partial charge in [0, 0.05) is 36.4 Å². The first kappa shape index (κ1) is 23.5. The van der Waals surface area contributed by atoms with Crippen molar-refractivity contribution >= 4 is 21.7 Å². The van der Waals surface area contributed by atoms with E-state index in [2.05, 4.69) is 15.0 Å². The van der Waals surface area contributed by atoms with Crippen molar-refractivity contribution in [2.45, 2.75) is 17.9 Å². The van der Waals surface area contributed by atoms with Crippen LogP contribution < -0.4 is 19.5 Å². The summed E-state index contributed by atoms with van der Waals surface area (Å²) in [5, 5.41) is 2.73. The molecule has 0 spiro atoms. The summed E-state index contributed by atoms with van der Waals surface area (Å²) in [7, 11) is 1.31. The second kappa shape index (κ2) is 9.70. The van der Waals surface area contributed by atoms with Crippen LogP contribution in [0.1, 0.15) is 11.1 Å². The molecule has 0 aliphatic carbocycles. The number of hydrogen-bond donors (Lipinski definition) is 2. The lowest BCUT2D eigenvalue weighted by Crippen LogP contribution is -2.34. The van der Waals surface area contributed by atoms with Gasteiger partial charge in [-0.3, -0.25) is 0 Å². The fourth-order valence-electron chi connectivity index (χ4n) is 3.81. The van der Waals surface area contributed by atoms with Crippen LogP contribution in [0.25, 0.3) is 11.1 Å². The van der Waals surface area contributed by atoms with Crippen molar-refractivity contribution in [1.82, 2.24) is 14.6 Å².